The number of rotatable bonds is 9. The third-order valence-corrected chi connectivity index (χ3v) is 7.93. The fourth-order valence-electron chi connectivity index (χ4n) is 4.56. The number of esters is 2. The van der Waals surface area contributed by atoms with Crippen molar-refractivity contribution in [2.45, 2.75) is 30.7 Å². The van der Waals surface area contributed by atoms with E-state index >= 15 is 0 Å². The SMILES string of the molecule is CC(=O)OCC1=C(C(=O)OC(c2ccccc2)c2ccccc2)N2C(=O)[C@@](N)(OCc3ccccc3)[C@H]2SC1. The maximum atomic E-state index is 13.8. The molecule has 2 atom stereocenters. The zero-order valence-corrected chi connectivity index (χ0v) is 22.1. The van der Waals surface area contributed by atoms with Crippen LogP contribution in [0, 0.1) is 0 Å². The predicted molar refractivity (Wildman–Crippen MR) is 146 cm³/mol. The molecule has 0 aromatic heterocycles. The maximum absolute atomic E-state index is 13.8. The second-order valence-corrected chi connectivity index (χ2v) is 10.3. The molecule has 2 heterocycles. The molecular weight excluding hydrogens is 516 g/mol. The summed E-state index contributed by atoms with van der Waals surface area (Å²) in [5, 5.41) is -0.649. The molecule has 2 aliphatic heterocycles. The summed E-state index contributed by atoms with van der Waals surface area (Å²) in [5.74, 6) is -1.46. The number of ether oxygens (including phenoxy) is 3. The van der Waals surface area contributed by atoms with Crippen molar-refractivity contribution in [1.29, 1.82) is 0 Å². The van der Waals surface area contributed by atoms with E-state index in [2.05, 4.69) is 0 Å². The van der Waals surface area contributed by atoms with Crippen molar-refractivity contribution < 1.29 is 28.6 Å². The lowest BCUT2D eigenvalue weighted by molar-refractivity contribution is -0.191. The Kier molecular flexibility index (Phi) is 7.83. The second-order valence-electron chi connectivity index (χ2n) is 9.25. The van der Waals surface area contributed by atoms with E-state index < -0.39 is 35.0 Å². The molecule has 1 saturated heterocycles. The monoisotopic (exact) mass is 544 g/mol. The number of nitrogens with two attached hydrogens (primary N) is 1. The third kappa shape index (κ3) is 5.47. The first-order valence-corrected chi connectivity index (χ1v) is 13.5. The molecule has 200 valence electrons. The summed E-state index contributed by atoms with van der Waals surface area (Å²) in [6, 6.07) is 28.1. The minimum atomic E-state index is -1.61. The van der Waals surface area contributed by atoms with Crippen LogP contribution < -0.4 is 5.73 Å². The standard InChI is InChI=1S/C30H28N2O6S/c1-20(33)36-18-24-19-39-29-30(31,37-17-21-11-5-2-6-12-21)28(35)32(29)25(24)27(34)38-26(22-13-7-3-8-14-22)23-15-9-4-10-16-23/h2-16,26,29H,17-19,31H2,1H3/t29-,30-/m1/s1. The van der Waals surface area contributed by atoms with Crippen LogP contribution in [0.2, 0.25) is 0 Å². The Labute approximate surface area is 230 Å². The molecule has 3 aromatic carbocycles. The van der Waals surface area contributed by atoms with Gasteiger partial charge in [-0.3, -0.25) is 20.2 Å². The average Bonchev–Trinajstić information content (AvgIpc) is 2.98. The molecule has 3 aromatic rings. The second kappa shape index (κ2) is 11.4. The first kappa shape index (κ1) is 26.7. The van der Waals surface area contributed by atoms with E-state index in [0.29, 0.717) is 11.3 Å². The molecule has 0 radical (unpaired) electrons. The van der Waals surface area contributed by atoms with Gasteiger partial charge in [0.1, 0.15) is 17.7 Å². The van der Waals surface area contributed by atoms with E-state index in [-0.39, 0.29) is 18.9 Å². The Bertz CT molecular complexity index is 1340. The van der Waals surface area contributed by atoms with E-state index in [9.17, 15) is 14.4 Å². The molecule has 0 bridgehead atoms. The third-order valence-electron chi connectivity index (χ3n) is 6.54. The van der Waals surface area contributed by atoms with Gasteiger partial charge in [0.2, 0.25) is 5.72 Å². The summed E-state index contributed by atoms with van der Waals surface area (Å²) in [4.78, 5) is 40.2. The summed E-state index contributed by atoms with van der Waals surface area (Å²) in [6.45, 7) is 1.28. The van der Waals surface area contributed by atoms with Crippen LogP contribution >= 0.6 is 11.8 Å². The first-order chi connectivity index (χ1) is 18.9. The van der Waals surface area contributed by atoms with Crippen molar-refractivity contribution in [3.8, 4) is 0 Å². The van der Waals surface area contributed by atoms with E-state index in [1.165, 1.54) is 23.6 Å². The molecule has 1 amide bonds. The first-order valence-electron chi connectivity index (χ1n) is 12.5. The summed E-state index contributed by atoms with van der Waals surface area (Å²) in [7, 11) is 0. The highest BCUT2D eigenvalue weighted by Crippen LogP contribution is 2.46. The van der Waals surface area contributed by atoms with Crippen molar-refractivity contribution in [1.82, 2.24) is 4.90 Å². The van der Waals surface area contributed by atoms with Crippen molar-refractivity contribution in [3.05, 3.63) is 119 Å². The van der Waals surface area contributed by atoms with Gasteiger partial charge in [-0.2, -0.15) is 0 Å². The highest BCUT2D eigenvalue weighted by atomic mass is 32.2. The molecule has 1 fully saturated rings. The lowest BCUT2D eigenvalue weighted by Crippen LogP contribution is -2.79. The Morgan fingerprint density at radius 3 is 2.08 bits per heavy atom. The fourth-order valence-corrected chi connectivity index (χ4v) is 5.91. The molecule has 0 aliphatic carbocycles. The molecule has 0 unspecified atom stereocenters. The minimum absolute atomic E-state index is 0.0336. The number of benzene rings is 3. The number of carbonyl (C=O) groups is 3. The predicted octanol–water partition coefficient (Wildman–Crippen LogP) is 3.92. The van der Waals surface area contributed by atoms with Crippen LogP contribution in [-0.2, 0) is 35.2 Å². The van der Waals surface area contributed by atoms with Gasteiger partial charge >= 0.3 is 11.9 Å². The van der Waals surface area contributed by atoms with Crippen LogP contribution in [0.1, 0.15) is 29.7 Å². The number of hydrogen-bond acceptors (Lipinski definition) is 8. The van der Waals surface area contributed by atoms with Crippen molar-refractivity contribution in [2.75, 3.05) is 12.4 Å². The van der Waals surface area contributed by atoms with Crippen LogP contribution in [0.15, 0.2) is 102 Å². The highest BCUT2D eigenvalue weighted by molar-refractivity contribution is 8.00. The largest absolute Gasteiger partial charge is 0.461 e. The fraction of sp³-hybridized carbons (Fsp3) is 0.233. The average molecular weight is 545 g/mol. The van der Waals surface area contributed by atoms with Gasteiger partial charge in [0.05, 0.1) is 6.61 Å². The number of nitrogens with zero attached hydrogens (tertiary/aromatic N) is 1. The van der Waals surface area contributed by atoms with Gasteiger partial charge in [-0.05, 0) is 16.7 Å². The van der Waals surface area contributed by atoms with E-state index in [1.807, 2.05) is 91.0 Å². The number of amides is 1. The molecule has 9 heteroatoms. The summed E-state index contributed by atoms with van der Waals surface area (Å²) in [6.07, 6.45) is -0.719. The van der Waals surface area contributed by atoms with Crippen molar-refractivity contribution in [3.63, 3.8) is 0 Å². The van der Waals surface area contributed by atoms with Crippen LogP contribution in [-0.4, -0.2) is 46.2 Å². The normalized spacial score (nSPS) is 20.3. The smallest absolute Gasteiger partial charge is 0.356 e. The van der Waals surface area contributed by atoms with E-state index in [0.717, 1.165) is 16.7 Å². The molecular formula is C30H28N2O6S. The Balaban J connectivity index is 1.44. The molecule has 0 saturated carbocycles. The summed E-state index contributed by atoms with van der Waals surface area (Å²) in [5.41, 5.74) is 7.77. The van der Waals surface area contributed by atoms with Gasteiger partial charge in [0.25, 0.3) is 5.91 Å². The zero-order valence-electron chi connectivity index (χ0n) is 21.3. The van der Waals surface area contributed by atoms with Gasteiger partial charge in [0, 0.05) is 18.2 Å². The van der Waals surface area contributed by atoms with E-state index in [1.54, 1.807) is 0 Å². The number of thioether (sulfide) groups is 1. The van der Waals surface area contributed by atoms with Gasteiger partial charge in [-0.1, -0.05) is 91.0 Å². The summed E-state index contributed by atoms with van der Waals surface area (Å²) < 4.78 is 17.2. The maximum Gasteiger partial charge on any atom is 0.356 e. The lowest BCUT2D eigenvalue weighted by Gasteiger charge is -2.54. The Morgan fingerprint density at radius 2 is 1.51 bits per heavy atom. The van der Waals surface area contributed by atoms with Crippen molar-refractivity contribution in [2.24, 2.45) is 5.73 Å². The minimum Gasteiger partial charge on any atom is -0.461 e. The Morgan fingerprint density at radius 1 is 0.949 bits per heavy atom. The van der Waals surface area contributed by atoms with Crippen LogP contribution in [0.3, 0.4) is 0 Å². The van der Waals surface area contributed by atoms with Crippen LogP contribution in [0.4, 0.5) is 0 Å². The molecule has 0 spiro atoms. The van der Waals surface area contributed by atoms with Crippen LogP contribution in [0.25, 0.3) is 0 Å². The van der Waals surface area contributed by atoms with E-state index in [4.69, 9.17) is 19.9 Å². The number of hydrogen-bond donors (Lipinski definition) is 1. The quantitative estimate of drug-likeness (QED) is 0.245. The van der Waals surface area contributed by atoms with Gasteiger partial charge in [-0.15, -0.1) is 11.8 Å². The van der Waals surface area contributed by atoms with Crippen LogP contribution in [0.5, 0.6) is 0 Å². The summed E-state index contributed by atoms with van der Waals surface area (Å²) >= 11 is 1.35. The molecule has 8 nitrogen and oxygen atoms in total. The Hall–Kier alpha value is -3.92. The highest BCUT2D eigenvalue weighted by Gasteiger charge is 2.64. The molecule has 39 heavy (non-hydrogen) atoms. The number of carbonyl (C=O) groups excluding carboxylic acids is 3. The lowest BCUT2D eigenvalue weighted by atomic mass is 9.98. The van der Waals surface area contributed by atoms with Gasteiger partial charge < -0.3 is 14.2 Å². The number of fused-ring (bicyclic) bond motifs is 1. The zero-order chi connectivity index (χ0) is 27.4. The molecule has 5 rings (SSSR count). The van der Waals surface area contributed by atoms with Crippen molar-refractivity contribution >= 4 is 29.6 Å². The number of β-lactam (4-membered cyclic amide) rings is 1. The van der Waals surface area contributed by atoms with Gasteiger partial charge in [0.15, 0.2) is 6.10 Å². The molecule has 2 N–H and O–H groups in total. The van der Waals surface area contributed by atoms with Gasteiger partial charge in [-0.25, -0.2) is 4.79 Å². The molecule has 2 aliphatic rings. The topological polar surface area (TPSA) is 108 Å².